The first-order valence-corrected chi connectivity index (χ1v) is 11.0. The minimum atomic E-state index is -0.300. The van der Waals surface area contributed by atoms with Gasteiger partial charge in [-0.15, -0.1) is 0 Å². The molecule has 0 bridgehead atoms. The van der Waals surface area contributed by atoms with Gasteiger partial charge in [-0.3, -0.25) is 0 Å². The third kappa shape index (κ3) is 6.65. The van der Waals surface area contributed by atoms with Crippen molar-refractivity contribution in [3.63, 3.8) is 0 Å². The van der Waals surface area contributed by atoms with Crippen molar-refractivity contribution < 1.29 is 21.9 Å². The van der Waals surface area contributed by atoms with E-state index in [1.54, 1.807) is 24.3 Å². The summed E-state index contributed by atoms with van der Waals surface area (Å²) in [6.07, 6.45) is 8.27. The van der Waals surface area contributed by atoms with Crippen molar-refractivity contribution in [3.05, 3.63) is 35.4 Å². The van der Waals surface area contributed by atoms with Gasteiger partial charge in [0.15, 0.2) is 0 Å². The third-order valence-electron chi connectivity index (χ3n) is 5.83. The molecule has 0 heterocycles. The molecule has 0 radical (unpaired) electrons. The molecule has 160 valence electrons. The van der Waals surface area contributed by atoms with E-state index < -0.39 is 0 Å². The van der Waals surface area contributed by atoms with Crippen molar-refractivity contribution in [1.29, 1.82) is 0 Å². The van der Waals surface area contributed by atoms with Gasteiger partial charge in [0.25, 0.3) is 0 Å². The minimum Gasteiger partial charge on any atom is -0.459 e. The Morgan fingerprint density at radius 2 is 0.964 bits per heavy atom. The maximum atomic E-state index is 12.3. The van der Waals surface area contributed by atoms with Gasteiger partial charge < -0.3 is 9.47 Å². The summed E-state index contributed by atoms with van der Waals surface area (Å²) in [7, 11) is 0. The van der Waals surface area contributed by atoms with E-state index in [-0.39, 0.29) is 27.0 Å². The summed E-state index contributed by atoms with van der Waals surface area (Å²) in [6.45, 7) is 8.48. The lowest BCUT2D eigenvalue weighted by Gasteiger charge is -2.26. The van der Waals surface area contributed by atoms with Crippen molar-refractivity contribution in [2.24, 2.45) is 11.8 Å². The first-order chi connectivity index (χ1) is 13.5. The summed E-state index contributed by atoms with van der Waals surface area (Å²) in [5.74, 6) is 0.849. The zero-order chi connectivity index (χ0) is 20.5. The van der Waals surface area contributed by atoms with E-state index >= 15 is 0 Å². The molecule has 4 nitrogen and oxygen atoms in total. The lowest BCUT2D eigenvalue weighted by atomic mass is 9.89. The molecule has 0 aromatic heterocycles. The number of carbonyl (C=O) groups excluding carboxylic acids is 2. The summed E-state index contributed by atoms with van der Waals surface area (Å²) in [5, 5.41) is 0. The van der Waals surface area contributed by atoms with E-state index in [1.165, 1.54) is 0 Å². The number of ether oxygens (including phenoxy) is 2. The van der Waals surface area contributed by atoms with Gasteiger partial charge in [0, 0.05) is 2.85 Å². The molecular formula is C24H40O4. The van der Waals surface area contributed by atoms with Gasteiger partial charge in [-0.2, -0.15) is 0 Å². The quantitative estimate of drug-likeness (QED) is 0.537. The minimum absolute atomic E-state index is 0. The molecule has 2 fully saturated rings. The predicted molar refractivity (Wildman–Crippen MR) is 116 cm³/mol. The Morgan fingerprint density at radius 3 is 1.25 bits per heavy atom. The first kappa shape index (κ1) is 22.4. The molecule has 0 N–H and O–H groups in total. The van der Waals surface area contributed by atoms with Crippen LogP contribution in [-0.4, -0.2) is 24.1 Å². The molecular weight excluding hydrogens is 352 g/mol. The molecule has 3 rings (SSSR count). The zero-order valence-electron chi connectivity index (χ0n) is 17.9. The van der Waals surface area contributed by atoms with Crippen LogP contribution in [0.1, 0.15) is 103 Å². The fraction of sp³-hybridized carbons (Fsp3) is 0.667. The van der Waals surface area contributed by atoms with E-state index in [9.17, 15) is 9.59 Å². The number of rotatable bonds is 4. The monoisotopic (exact) mass is 392 g/mol. The molecule has 2 aliphatic rings. The second kappa shape index (κ2) is 11.2. The molecule has 0 aliphatic heterocycles. The Bertz CT molecular complexity index is 562. The average Bonchev–Trinajstić information content (AvgIpc) is 2.73. The van der Waals surface area contributed by atoms with Crippen LogP contribution in [0, 0.1) is 11.8 Å². The summed E-state index contributed by atoms with van der Waals surface area (Å²) in [4.78, 5) is 24.6. The van der Waals surface area contributed by atoms with E-state index in [4.69, 9.17) is 9.47 Å². The number of carbonyl (C=O) groups is 2. The van der Waals surface area contributed by atoms with E-state index in [0.717, 1.165) is 63.2 Å². The van der Waals surface area contributed by atoms with Crippen LogP contribution in [0.15, 0.2) is 24.3 Å². The molecule has 0 unspecified atom stereocenters. The van der Waals surface area contributed by atoms with Gasteiger partial charge in [-0.1, -0.05) is 27.7 Å². The summed E-state index contributed by atoms with van der Waals surface area (Å²) < 4.78 is 11.2. The maximum absolute atomic E-state index is 12.3. The molecule has 0 saturated heterocycles. The average molecular weight is 393 g/mol. The maximum Gasteiger partial charge on any atom is 0.338 e. The van der Waals surface area contributed by atoms with Crippen LogP contribution in [0.3, 0.4) is 0 Å². The molecule has 2 aliphatic carbocycles. The molecule has 2 saturated carbocycles. The van der Waals surface area contributed by atoms with Crippen LogP contribution >= 0.6 is 0 Å². The number of hydrogen-bond donors (Lipinski definition) is 0. The van der Waals surface area contributed by atoms with Crippen molar-refractivity contribution >= 4 is 11.9 Å². The molecule has 4 heteroatoms. The molecule has 1 aromatic carbocycles. The lowest BCUT2D eigenvalue weighted by molar-refractivity contribution is 0.0160. The Labute approximate surface area is 173 Å². The molecule has 0 amide bonds. The van der Waals surface area contributed by atoms with Gasteiger partial charge in [0.05, 0.1) is 11.1 Å². The standard InChI is InChI=1S/C22H30O4.C2H6.2H2/c1-15-3-11-19(12-4-15)25-21(23)17-7-9-18(10-8-17)22(24)26-20-13-5-16(2)6-14-20;1-2;;/h7-10,15-16,19-20H,3-6,11-14H2,1-2H3;1-2H3;2*1H. The topological polar surface area (TPSA) is 52.6 Å². The summed E-state index contributed by atoms with van der Waals surface area (Å²) >= 11 is 0. The highest BCUT2D eigenvalue weighted by Gasteiger charge is 2.24. The number of hydrogen-bond acceptors (Lipinski definition) is 4. The van der Waals surface area contributed by atoms with Crippen molar-refractivity contribution in [2.75, 3.05) is 0 Å². The van der Waals surface area contributed by atoms with Crippen LogP contribution in [0.4, 0.5) is 0 Å². The van der Waals surface area contributed by atoms with E-state index in [2.05, 4.69) is 13.8 Å². The largest absolute Gasteiger partial charge is 0.459 e. The molecule has 28 heavy (non-hydrogen) atoms. The highest BCUT2D eigenvalue weighted by molar-refractivity contribution is 5.93. The zero-order valence-corrected chi connectivity index (χ0v) is 17.9. The highest BCUT2D eigenvalue weighted by atomic mass is 16.5. The smallest absolute Gasteiger partial charge is 0.338 e. The second-order valence-corrected chi connectivity index (χ2v) is 8.15. The normalized spacial score (nSPS) is 27.1. The highest BCUT2D eigenvalue weighted by Crippen LogP contribution is 2.27. The van der Waals surface area contributed by atoms with Crippen molar-refractivity contribution in [1.82, 2.24) is 0 Å². The van der Waals surface area contributed by atoms with Gasteiger partial charge >= 0.3 is 11.9 Å². The molecule has 1 aromatic rings. The first-order valence-electron chi connectivity index (χ1n) is 11.0. The Kier molecular flexibility index (Phi) is 9.01. The molecule has 0 spiro atoms. The van der Waals surface area contributed by atoms with Crippen LogP contribution in [0.2, 0.25) is 0 Å². The van der Waals surface area contributed by atoms with Gasteiger partial charge in [0.2, 0.25) is 0 Å². The van der Waals surface area contributed by atoms with Crippen molar-refractivity contribution in [3.8, 4) is 0 Å². The van der Waals surface area contributed by atoms with Crippen molar-refractivity contribution in [2.45, 2.75) is 91.3 Å². The number of esters is 2. The predicted octanol–water partition coefficient (Wildman–Crippen LogP) is 6.68. The lowest BCUT2D eigenvalue weighted by Crippen LogP contribution is -2.24. The van der Waals surface area contributed by atoms with E-state index in [0.29, 0.717) is 11.1 Å². The molecule has 0 atom stereocenters. The van der Waals surface area contributed by atoms with Gasteiger partial charge in [-0.05, 0) is 87.5 Å². The van der Waals surface area contributed by atoms with E-state index in [1.807, 2.05) is 13.8 Å². The van der Waals surface area contributed by atoms with Crippen LogP contribution in [0.5, 0.6) is 0 Å². The summed E-state index contributed by atoms with van der Waals surface area (Å²) in [5.41, 5.74) is 0.985. The van der Waals surface area contributed by atoms with Gasteiger partial charge in [0.1, 0.15) is 12.2 Å². The fourth-order valence-electron chi connectivity index (χ4n) is 3.88. The van der Waals surface area contributed by atoms with Gasteiger partial charge in [-0.25, -0.2) is 9.59 Å². The Hall–Kier alpha value is -1.84. The Balaban J connectivity index is 0.00000204. The summed E-state index contributed by atoms with van der Waals surface area (Å²) in [6, 6.07) is 6.64. The van der Waals surface area contributed by atoms with Crippen LogP contribution in [-0.2, 0) is 9.47 Å². The third-order valence-corrected chi connectivity index (χ3v) is 5.83. The second-order valence-electron chi connectivity index (χ2n) is 8.15. The van der Waals surface area contributed by atoms with Crippen LogP contribution in [0.25, 0.3) is 0 Å². The SMILES string of the molecule is CC.CC1CCC(OC(=O)c2ccc(C(=O)OC3CCC(C)CC3)cc2)CC1.[HH].[HH]. The fourth-order valence-corrected chi connectivity index (χ4v) is 3.88. The van der Waals surface area contributed by atoms with Crippen LogP contribution < -0.4 is 0 Å². The number of benzene rings is 1. The Morgan fingerprint density at radius 1 is 0.679 bits per heavy atom.